The van der Waals surface area contributed by atoms with Gasteiger partial charge in [-0.05, 0) is 66.2 Å². The molecule has 0 saturated carbocycles. The third-order valence-corrected chi connectivity index (χ3v) is 7.15. The van der Waals surface area contributed by atoms with Crippen molar-refractivity contribution >= 4 is 45.5 Å². The van der Waals surface area contributed by atoms with Gasteiger partial charge in [0.05, 0.1) is 34.6 Å². The maximum atomic E-state index is 13.4. The number of halogens is 2. The number of hydrogen-bond acceptors (Lipinski definition) is 8. The summed E-state index contributed by atoms with van der Waals surface area (Å²) in [6.45, 7) is 0.0771. The lowest BCUT2D eigenvalue weighted by molar-refractivity contribution is -0.0152. The molecule has 5 rings (SSSR count). The Morgan fingerprint density at radius 1 is 1.12 bits per heavy atom. The molecule has 210 valence electrons. The molecule has 12 heteroatoms. The lowest BCUT2D eigenvalue weighted by atomic mass is 10.1. The zero-order valence-electron chi connectivity index (χ0n) is 21.7. The van der Waals surface area contributed by atoms with Gasteiger partial charge in [-0.3, -0.25) is 10.3 Å². The summed E-state index contributed by atoms with van der Waals surface area (Å²) in [5.74, 6) is 0.325. The first kappa shape index (κ1) is 28.2. The van der Waals surface area contributed by atoms with Gasteiger partial charge in [-0.15, -0.1) is 0 Å². The maximum Gasteiger partial charge on any atom is 0.163 e. The van der Waals surface area contributed by atoms with E-state index in [1.807, 2.05) is 18.2 Å². The number of ether oxygens (including phenoxy) is 1. The van der Waals surface area contributed by atoms with Crippen LogP contribution in [0.4, 0.5) is 10.1 Å². The summed E-state index contributed by atoms with van der Waals surface area (Å²) in [7, 11) is -3.21. The van der Waals surface area contributed by atoms with Gasteiger partial charge in [-0.1, -0.05) is 23.7 Å². The SMILES string of the molecule is CS(=O)(=O)CCN(O)/C=c1\cc/c(=c2\ccc3c(c2)C(=Nc2ccc(OCc4cccc(F)c4)c(Cl)c2)N=CN=3)o1. The van der Waals surface area contributed by atoms with E-state index < -0.39 is 9.84 Å². The lowest BCUT2D eigenvalue weighted by Crippen LogP contribution is -2.22. The summed E-state index contributed by atoms with van der Waals surface area (Å²) in [5.41, 5.74) is 2.77. The Morgan fingerprint density at radius 3 is 2.76 bits per heavy atom. The van der Waals surface area contributed by atoms with E-state index in [0.29, 0.717) is 49.6 Å². The van der Waals surface area contributed by atoms with Crippen LogP contribution in [-0.4, -0.2) is 49.4 Å². The van der Waals surface area contributed by atoms with E-state index in [0.717, 1.165) is 16.5 Å². The summed E-state index contributed by atoms with van der Waals surface area (Å²) in [4.78, 5) is 13.3. The molecule has 4 aromatic rings. The Kier molecular flexibility index (Phi) is 8.29. The molecule has 0 spiro atoms. The molecule has 3 aromatic carbocycles. The van der Waals surface area contributed by atoms with Crippen LogP contribution < -0.4 is 15.5 Å². The molecule has 9 nitrogen and oxygen atoms in total. The summed E-state index contributed by atoms with van der Waals surface area (Å²) in [6, 6.07) is 20.1. The van der Waals surface area contributed by atoms with Gasteiger partial charge in [0, 0.05) is 17.0 Å². The summed E-state index contributed by atoms with van der Waals surface area (Å²) < 4.78 is 47.7. The third-order valence-electron chi connectivity index (χ3n) is 5.93. The van der Waals surface area contributed by atoms with Crippen molar-refractivity contribution in [3.8, 4) is 5.75 Å². The minimum atomic E-state index is -3.21. The van der Waals surface area contributed by atoms with Gasteiger partial charge in [0.1, 0.15) is 45.2 Å². The van der Waals surface area contributed by atoms with Gasteiger partial charge in [-0.2, -0.15) is 0 Å². The van der Waals surface area contributed by atoms with Crippen LogP contribution in [0.3, 0.4) is 0 Å². The highest BCUT2D eigenvalue weighted by atomic mass is 35.5. The number of aliphatic imine (C=N–C) groups is 2. The number of fused-ring (bicyclic) bond motifs is 1. The molecule has 1 aliphatic heterocycles. The molecule has 0 atom stereocenters. The van der Waals surface area contributed by atoms with Crippen LogP contribution in [-0.2, 0) is 16.4 Å². The Labute approximate surface area is 239 Å². The zero-order chi connectivity index (χ0) is 29.0. The largest absolute Gasteiger partial charge is 0.487 e. The smallest absolute Gasteiger partial charge is 0.163 e. The van der Waals surface area contributed by atoms with Crippen LogP contribution in [0.1, 0.15) is 11.1 Å². The van der Waals surface area contributed by atoms with E-state index >= 15 is 0 Å². The molecular weight excluding hydrogens is 571 g/mol. The highest BCUT2D eigenvalue weighted by Crippen LogP contribution is 2.30. The second-order valence-electron chi connectivity index (χ2n) is 9.20. The number of amidine groups is 1. The molecule has 1 aliphatic rings. The number of hydroxylamine groups is 2. The molecular formula is C29H24ClFN4O5S. The minimum Gasteiger partial charge on any atom is -0.487 e. The molecule has 0 amide bonds. The van der Waals surface area contributed by atoms with Gasteiger partial charge in [0.25, 0.3) is 0 Å². The second kappa shape index (κ2) is 12.0. The monoisotopic (exact) mass is 594 g/mol. The van der Waals surface area contributed by atoms with Gasteiger partial charge in [-0.25, -0.2) is 27.8 Å². The fraction of sp³-hybridized carbons (Fsp3) is 0.138. The zero-order valence-corrected chi connectivity index (χ0v) is 23.3. The summed E-state index contributed by atoms with van der Waals surface area (Å²) in [5, 5.41) is 12.5. The van der Waals surface area contributed by atoms with Crippen LogP contribution >= 0.6 is 11.6 Å². The molecule has 1 aromatic heterocycles. The Morgan fingerprint density at radius 2 is 1.98 bits per heavy atom. The fourth-order valence-electron chi connectivity index (χ4n) is 3.92. The van der Waals surface area contributed by atoms with Crippen LogP contribution in [0.2, 0.25) is 5.02 Å². The normalized spacial score (nSPS) is 15.0. The third kappa shape index (κ3) is 7.46. The Hall–Kier alpha value is -4.32. The predicted octanol–water partition coefficient (Wildman–Crippen LogP) is 4.15. The number of furan rings is 1. The van der Waals surface area contributed by atoms with Crippen LogP contribution in [0.25, 0.3) is 6.20 Å². The van der Waals surface area contributed by atoms with Crippen molar-refractivity contribution in [1.29, 1.82) is 0 Å². The van der Waals surface area contributed by atoms with E-state index in [1.54, 1.807) is 42.5 Å². The molecule has 0 aliphatic carbocycles. The quantitative estimate of drug-likeness (QED) is 0.306. The van der Waals surface area contributed by atoms with Gasteiger partial charge in [0.2, 0.25) is 0 Å². The summed E-state index contributed by atoms with van der Waals surface area (Å²) >= 11 is 6.44. The average Bonchev–Trinajstić information content (AvgIpc) is 3.39. The average molecular weight is 595 g/mol. The molecule has 0 radical (unpaired) electrons. The van der Waals surface area contributed by atoms with Crippen molar-refractivity contribution in [1.82, 2.24) is 5.06 Å². The first-order chi connectivity index (χ1) is 19.6. The molecule has 0 bridgehead atoms. The van der Waals surface area contributed by atoms with E-state index in [1.165, 1.54) is 24.7 Å². The van der Waals surface area contributed by atoms with Crippen LogP contribution in [0, 0.1) is 16.5 Å². The van der Waals surface area contributed by atoms with Crippen molar-refractivity contribution in [3.05, 3.63) is 116 Å². The fourth-order valence-corrected chi connectivity index (χ4v) is 4.67. The predicted molar refractivity (Wildman–Crippen MR) is 153 cm³/mol. The highest BCUT2D eigenvalue weighted by Gasteiger charge is 2.11. The molecule has 0 saturated heterocycles. The van der Waals surface area contributed by atoms with Crippen molar-refractivity contribution in [3.63, 3.8) is 0 Å². The Balaban J connectivity index is 1.40. The first-order valence-corrected chi connectivity index (χ1v) is 14.8. The van der Waals surface area contributed by atoms with Crippen molar-refractivity contribution in [2.24, 2.45) is 15.0 Å². The number of benzene rings is 3. The Bertz CT molecular complexity index is 1990. The summed E-state index contributed by atoms with van der Waals surface area (Å²) in [6.07, 6.45) is 3.84. The van der Waals surface area contributed by atoms with Crippen molar-refractivity contribution < 1.29 is 27.2 Å². The number of hydrogen-bond donors (Lipinski definition) is 1. The van der Waals surface area contributed by atoms with E-state index in [-0.39, 0.29) is 24.7 Å². The highest BCUT2D eigenvalue weighted by molar-refractivity contribution is 7.90. The van der Waals surface area contributed by atoms with Gasteiger partial charge in [0.15, 0.2) is 5.84 Å². The van der Waals surface area contributed by atoms with Gasteiger partial charge < -0.3 is 9.15 Å². The van der Waals surface area contributed by atoms with Crippen LogP contribution in [0.15, 0.2) is 92.2 Å². The molecule has 0 fully saturated rings. The number of sulfone groups is 1. The molecule has 2 heterocycles. The number of nitrogens with zero attached hydrogens (tertiary/aromatic N) is 4. The van der Waals surface area contributed by atoms with E-state index in [4.69, 9.17) is 20.8 Å². The van der Waals surface area contributed by atoms with E-state index in [2.05, 4.69) is 15.0 Å². The maximum absolute atomic E-state index is 13.4. The standard InChI is InChI=1S/C29H24ClFN4O5S/c1-41(37,38)12-11-35(36)16-23-7-10-27(40-23)20-5-8-26-24(14-20)29(33-18-32-26)34-22-6-9-28(25(30)15-22)39-17-19-3-2-4-21(31)13-19/h2-10,13-16,18,36H,11-12,17H2,1H3/b23-16+,27-20-,34-29?. The van der Waals surface area contributed by atoms with Crippen molar-refractivity contribution in [2.45, 2.75) is 6.61 Å². The lowest BCUT2D eigenvalue weighted by Gasteiger charge is -2.10. The van der Waals surface area contributed by atoms with Gasteiger partial charge >= 0.3 is 0 Å². The first-order valence-electron chi connectivity index (χ1n) is 12.3. The topological polar surface area (TPSA) is 117 Å². The minimum absolute atomic E-state index is 0.0861. The molecule has 1 N–H and O–H groups in total. The number of rotatable bonds is 8. The van der Waals surface area contributed by atoms with E-state index in [9.17, 15) is 18.0 Å². The van der Waals surface area contributed by atoms with Crippen molar-refractivity contribution in [2.75, 3.05) is 18.6 Å². The van der Waals surface area contributed by atoms with Crippen LogP contribution in [0.5, 0.6) is 5.75 Å². The molecule has 0 unspecified atom stereocenters. The second-order valence-corrected chi connectivity index (χ2v) is 11.9. The molecule has 41 heavy (non-hydrogen) atoms.